The Hall–Kier alpha value is -2.21. The lowest BCUT2D eigenvalue weighted by Gasteiger charge is -2.15. The topological polar surface area (TPSA) is 109 Å². The summed E-state index contributed by atoms with van der Waals surface area (Å²) < 4.78 is 19.4. The fourth-order valence-corrected chi connectivity index (χ4v) is 3.03. The predicted octanol–water partition coefficient (Wildman–Crippen LogP) is 2.97. The van der Waals surface area contributed by atoms with Crippen molar-refractivity contribution in [1.29, 1.82) is 5.26 Å². The lowest BCUT2D eigenvalue weighted by atomic mass is 10.0. The smallest absolute Gasteiger partial charge is 0.238 e. The number of aliphatic hydroxyl groups excluding tert-OH is 1. The summed E-state index contributed by atoms with van der Waals surface area (Å²) in [6, 6.07) is 2.01. The van der Waals surface area contributed by atoms with E-state index in [1.807, 2.05) is 6.07 Å². The van der Waals surface area contributed by atoms with Crippen molar-refractivity contribution in [3.05, 3.63) is 34.9 Å². The fraction of sp³-hybridized carbons (Fsp3) is 0.471. The maximum atomic E-state index is 13.0. The number of anilines is 1. The number of rotatable bonds is 3. The molecule has 0 spiro atoms. The monoisotopic (exact) mass is 381 g/mol. The third-order valence-electron chi connectivity index (χ3n) is 3.92. The Morgan fingerprint density at radius 3 is 2.92 bits per heavy atom. The molecule has 1 aliphatic rings. The number of allylic oxidation sites excluding steroid dienone is 1. The Morgan fingerprint density at radius 1 is 1.69 bits per heavy atom. The van der Waals surface area contributed by atoms with Crippen LogP contribution in [-0.4, -0.2) is 39.0 Å². The summed E-state index contributed by atoms with van der Waals surface area (Å²) in [5.74, 6) is -0.720. The summed E-state index contributed by atoms with van der Waals surface area (Å²) in [6.45, 7) is 6.37. The minimum Gasteiger partial charge on any atom is -0.391 e. The van der Waals surface area contributed by atoms with Crippen LogP contribution in [0.25, 0.3) is 5.52 Å². The normalized spacial score (nSPS) is 17.9. The molecule has 1 fully saturated rings. The zero-order valence-electron chi connectivity index (χ0n) is 14.5. The highest BCUT2D eigenvalue weighted by molar-refractivity contribution is 6.35. The molecular formula is C17H21ClFN5O2. The predicted molar refractivity (Wildman–Crippen MR) is 96.5 cm³/mol. The molecule has 1 saturated heterocycles. The first-order valence-corrected chi connectivity index (χ1v) is 8.54. The minimum absolute atomic E-state index is 0.0520. The van der Waals surface area contributed by atoms with E-state index >= 15 is 0 Å². The van der Waals surface area contributed by atoms with E-state index in [4.69, 9.17) is 27.2 Å². The number of aromatic nitrogens is 3. The van der Waals surface area contributed by atoms with Crippen molar-refractivity contribution in [1.82, 2.24) is 14.6 Å². The summed E-state index contributed by atoms with van der Waals surface area (Å²) in [4.78, 5) is 3.84. The van der Waals surface area contributed by atoms with Crippen LogP contribution < -0.4 is 5.73 Å². The van der Waals surface area contributed by atoms with Gasteiger partial charge < -0.3 is 15.6 Å². The van der Waals surface area contributed by atoms with E-state index < -0.39 is 5.83 Å². The Balaban J connectivity index is 0.000000290. The van der Waals surface area contributed by atoms with Crippen molar-refractivity contribution in [3.8, 4) is 6.07 Å². The zero-order valence-corrected chi connectivity index (χ0v) is 15.2. The summed E-state index contributed by atoms with van der Waals surface area (Å²) in [7, 11) is 0. The third kappa shape index (κ3) is 4.69. The van der Waals surface area contributed by atoms with Gasteiger partial charge in [-0.25, -0.2) is 13.9 Å². The van der Waals surface area contributed by atoms with Crippen molar-refractivity contribution in [2.45, 2.75) is 38.2 Å². The first kappa shape index (κ1) is 20.1. The Bertz CT molecular complexity index is 827. The number of aliphatic hydroxyl groups is 1. The largest absolute Gasteiger partial charge is 0.391 e. The highest BCUT2D eigenvalue weighted by atomic mass is 35.5. The lowest BCUT2D eigenvalue weighted by molar-refractivity contribution is -0.00535. The van der Waals surface area contributed by atoms with Gasteiger partial charge in [-0.2, -0.15) is 5.26 Å². The van der Waals surface area contributed by atoms with Gasteiger partial charge in [0.1, 0.15) is 11.6 Å². The van der Waals surface area contributed by atoms with Crippen LogP contribution in [0.15, 0.2) is 18.6 Å². The molecule has 2 aromatic heterocycles. The number of ether oxygens (including phenoxy) is 1. The molecule has 140 valence electrons. The van der Waals surface area contributed by atoms with Crippen molar-refractivity contribution >= 4 is 23.1 Å². The van der Waals surface area contributed by atoms with E-state index in [0.29, 0.717) is 17.8 Å². The van der Waals surface area contributed by atoms with E-state index in [1.54, 1.807) is 6.92 Å². The van der Waals surface area contributed by atoms with Gasteiger partial charge in [-0.05, 0) is 12.8 Å². The van der Waals surface area contributed by atoms with Crippen LogP contribution in [0.1, 0.15) is 43.4 Å². The van der Waals surface area contributed by atoms with Crippen LogP contribution >= 0.6 is 11.6 Å². The standard InChI is InChI=1S/C12H11ClFN5.C5H10O2/c1-6(3-7(2)14)11-8(4-15)10(13)9-5-17-12(16)18-19(9)11;6-5-2-1-3-7-4-5/h5-6H,2-3H2,1H3,(H2,16,18);5-6H,1-4H2. The summed E-state index contributed by atoms with van der Waals surface area (Å²) in [6.07, 6.45) is 3.27. The molecule has 26 heavy (non-hydrogen) atoms. The molecule has 0 aromatic carbocycles. The van der Waals surface area contributed by atoms with Crippen molar-refractivity contribution < 1.29 is 14.2 Å². The first-order valence-electron chi connectivity index (χ1n) is 8.16. The van der Waals surface area contributed by atoms with Gasteiger partial charge in [0, 0.05) is 18.9 Å². The molecule has 3 N–H and O–H groups in total. The second kappa shape index (κ2) is 8.94. The van der Waals surface area contributed by atoms with Crippen LogP contribution in [0.4, 0.5) is 10.3 Å². The van der Waals surface area contributed by atoms with E-state index in [9.17, 15) is 9.65 Å². The number of nitrogens with two attached hydrogens (primary N) is 1. The molecule has 0 aliphatic carbocycles. The molecule has 0 bridgehead atoms. The van der Waals surface area contributed by atoms with Crippen LogP contribution in [-0.2, 0) is 4.74 Å². The van der Waals surface area contributed by atoms with Crippen LogP contribution in [0.5, 0.6) is 0 Å². The van der Waals surface area contributed by atoms with E-state index in [-0.39, 0.29) is 35.0 Å². The van der Waals surface area contributed by atoms with Gasteiger partial charge in [-0.15, -0.1) is 5.10 Å². The van der Waals surface area contributed by atoms with Crippen molar-refractivity contribution in [2.75, 3.05) is 18.9 Å². The molecule has 9 heteroatoms. The average molecular weight is 382 g/mol. The number of halogens is 2. The van der Waals surface area contributed by atoms with Gasteiger partial charge in [0.25, 0.3) is 0 Å². The Morgan fingerprint density at radius 2 is 2.42 bits per heavy atom. The number of hydrogen-bond donors (Lipinski definition) is 2. The molecule has 2 atom stereocenters. The molecule has 0 radical (unpaired) electrons. The summed E-state index contributed by atoms with van der Waals surface area (Å²) in [5.41, 5.74) is 6.77. The minimum atomic E-state index is -0.468. The van der Waals surface area contributed by atoms with E-state index in [2.05, 4.69) is 16.7 Å². The highest BCUT2D eigenvalue weighted by Crippen LogP contribution is 2.34. The number of nitriles is 1. The van der Waals surface area contributed by atoms with E-state index in [1.165, 1.54) is 10.7 Å². The number of hydrogen-bond acceptors (Lipinski definition) is 6. The maximum Gasteiger partial charge on any atom is 0.238 e. The number of nitrogen functional groups attached to an aromatic ring is 1. The summed E-state index contributed by atoms with van der Waals surface area (Å²) in [5, 5.41) is 22.3. The SMILES string of the molecule is C=C(F)CC(C)c1c(C#N)c(Cl)c2cnc(N)nn12.OC1CCCOC1. The van der Waals surface area contributed by atoms with Gasteiger partial charge in [0.05, 0.1) is 41.0 Å². The molecule has 0 saturated carbocycles. The molecule has 1 aliphatic heterocycles. The molecular weight excluding hydrogens is 361 g/mol. The molecule has 2 unspecified atom stereocenters. The van der Waals surface area contributed by atoms with Gasteiger partial charge in [0.15, 0.2) is 0 Å². The zero-order chi connectivity index (χ0) is 19.3. The van der Waals surface area contributed by atoms with Gasteiger partial charge in [-0.3, -0.25) is 0 Å². The first-order chi connectivity index (χ1) is 12.3. The van der Waals surface area contributed by atoms with Gasteiger partial charge in [-0.1, -0.05) is 25.1 Å². The van der Waals surface area contributed by atoms with Crippen molar-refractivity contribution in [2.24, 2.45) is 0 Å². The second-order valence-electron chi connectivity index (χ2n) is 6.09. The maximum absolute atomic E-state index is 13.0. The summed E-state index contributed by atoms with van der Waals surface area (Å²) >= 11 is 6.12. The quantitative estimate of drug-likeness (QED) is 0.845. The van der Waals surface area contributed by atoms with Crippen LogP contribution in [0, 0.1) is 11.3 Å². The average Bonchev–Trinajstić information content (AvgIpc) is 2.87. The lowest BCUT2D eigenvalue weighted by Crippen LogP contribution is -2.21. The molecule has 2 aromatic rings. The number of fused-ring (bicyclic) bond motifs is 1. The van der Waals surface area contributed by atoms with E-state index in [0.717, 1.165) is 19.4 Å². The van der Waals surface area contributed by atoms with Crippen LogP contribution in [0.2, 0.25) is 5.02 Å². The van der Waals surface area contributed by atoms with Crippen LogP contribution in [0.3, 0.4) is 0 Å². The van der Waals surface area contributed by atoms with Gasteiger partial charge >= 0.3 is 0 Å². The highest BCUT2D eigenvalue weighted by Gasteiger charge is 2.23. The number of nitrogens with zero attached hydrogens (tertiary/aromatic N) is 4. The van der Waals surface area contributed by atoms with Gasteiger partial charge in [0.2, 0.25) is 5.95 Å². The second-order valence-corrected chi connectivity index (χ2v) is 6.47. The molecule has 3 heterocycles. The molecule has 0 amide bonds. The Kier molecular flexibility index (Phi) is 6.91. The van der Waals surface area contributed by atoms with Crippen molar-refractivity contribution in [3.63, 3.8) is 0 Å². The third-order valence-corrected chi connectivity index (χ3v) is 4.30. The Labute approximate surface area is 155 Å². The molecule has 7 nitrogen and oxygen atoms in total. The molecule has 3 rings (SSSR count). The fourth-order valence-electron chi connectivity index (χ4n) is 2.76.